The molecule has 0 heterocycles. The lowest BCUT2D eigenvalue weighted by molar-refractivity contribution is -0.0264. The quantitative estimate of drug-likeness (QED) is 0.729. The van der Waals surface area contributed by atoms with E-state index in [-0.39, 0.29) is 5.82 Å². The second-order valence-electron chi connectivity index (χ2n) is 4.67. The number of alkyl halides is 1. The molecule has 0 radical (unpaired) electrons. The van der Waals surface area contributed by atoms with Gasteiger partial charge in [-0.25, -0.2) is 4.39 Å². The van der Waals surface area contributed by atoms with E-state index in [0.29, 0.717) is 10.9 Å². The first-order valence-electron chi connectivity index (χ1n) is 6.20. The van der Waals surface area contributed by atoms with Crippen molar-refractivity contribution < 1.29 is 9.13 Å². The van der Waals surface area contributed by atoms with Gasteiger partial charge in [0.1, 0.15) is 5.82 Å². The molecule has 0 aromatic heterocycles. The van der Waals surface area contributed by atoms with Crippen LogP contribution in [0.4, 0.5) is 4.39 Å². The van der Waals surface area contributed by atoms with Gasteiger partial charge in [-0.1, -0.05) is 28.1 Å². The summed E-state index contributed by atoms with van der Waals surface area (Å²) >= 11 is 3.68. The van der Waals surface area contributed by atoms with Gasteiger partial charge in [0.2, 0.25) is 0 Å². The van der Waals surface area contributed by atoms with E-state index < -0.39 is 0 Å². The maximum atomic E-state index is 12.8. The fourth-order valence-corrected chi connectivity index (χ4v) is 3.17. The Bertz CT molecular complexity index is 346. The first kappa shape index (κ1) is 13.0. The molecule has 0 N–H and O–H groups in total. The number of ether oxygens (including phenoxy) is 1. The number of hydrogen-bond donors (Lipinski definition) is 0. The van der Waals surface area contributed by atoms with Crippen LogP contribution in [0.2, 0.25) is 0 Å². The minimum absolute atomic E-state index is 0.173. The van der Waals surface area contributed by atoms with Crippen molar-refractivity contribution in [3.8, 4) is 0 Å². The van der Waals surface area contributed by atoms with E-state index in [9.17, 15) is 4.39 Å². The molecule has 0 aliphatic heterocycles. The van der Waals surface area contributed by atoms with Crippen LogP contribution < -0.4 is 0 Å². The van der Waals surface area contributed by atoms with Crippen LogP contribution in [0.1, 0.15) is 36.6 Å². The molecule has 1 aliphatic carbocycles. The predicted molar refractivity (Wildman–Crippen MR) is 70.8 cm³/mol. The SMILES string of the molecule is CCOC1CC(CC(Br)c2ccc(F)cc2)C1. The van der Waals surface area contributed by atoms with Crippen LogP contribution in [0.15, 0.2) is 24.3 Å². The summed E-state index contributed by atoms with van der Waals surface area (Å²) in [6.07, 6.45) is 3.90. The summed E-state index contributed by atoms with van der Waals surface area (Å²) in [6.45, 7) is 2.85. The molecule has 1 atom stereocenters. The Kier molecular flexibility index (Phi) is 4.57. The fraction of sp³-hybridized carbons (Fsp3) is 0.571. The van der Waals surface area contributed by atoms with Crippen molar-refractivity contribution in [1.82, 2.24) is 0 Å². The van der Waals surface area contributed by atoms with Crippen LogP contribution in [0.25, 0.3) is 0 Å². The van der Waals surface area contributed by atoms with Gasteiger partial charge in [-0.2, -0.15) is 0 Å². The van der Waals surface area contributed by atoms with Crippen LogP contribution >= 0.6 is 15.9 Å². The van der Waals surface area contributed by atoms with Gasteiger partial charge in [-0.3, -0.25) is 0 Å². The molecule has 0 amide bonds. The molecule has 1 fully saturated rings. The summed E-state index contributed by atoms with van der Waals surface area (Å²) < 4.78 is 18.3. The van der Waals surface area contributed by atoms with Gasteiger partial charge in [0.25, 0.3) is 0 Å². The van der Waals surface area contributed by atoms with Gasteiger partial charge in [0.05, 0.1) is 6.10 Å². The van der Waals surface area contributed by atoms with Crippen LogP contribution in [0, 0.1) is 11.7 Å². The van der Waals surface area contributed by atoms with Gasteiger partial charge >= 0.3 is 0 Å². The maximum absolute atomic E-state index is 12.8. The Morgan fingerprint density at radius 1 is 1.35 bits per heavy atom. The van der Waals surface area contributed by atoms with Gasteiger partial charge < -0.3 is 4.74 Å². The second kappa shape index (κ2) is 5.96. The molecule has 1 saturated carbocycles. The molecule has 1 unspecified atom stereocenters. The number of halogens is 2. The lowest BCUT2D eigenvalue weighted by Crippen LogP contribution is -2.31. The van der Waals surface area contributed by atoms with E-state index in [1.807, 2.05) is 19.1 Å². The average molecular weight is 301 g/mol. The van der Waals surface area contributed by atoms with Crippen molar-refractivity contribution in [2.24, 2.45) is 5.92 Å². The molecule has 94 valence electrons. The smallest absolute Gasteiger partial charge is 0.123 e. The number of benzene rings is 1. The summed E-state index contributed by atoms with van der Waals surface area (Å²) in [7, 11) is 0. The zero-order chi connectivity index (χ0) is 12.3. The van der Waals surface area contributed by atoms with Gasteiger partial charge in [0.15, 0.2) is 0 Å². The van der Waals surface area contributed by atoms with E-state index in [1.54, 1.807) is 0 Å². The third-order valence-electron chi connectivity index (χ3n) is 3.37. The highest BCUT2D eigenvalue weighted by Crippen LogP contribution is 2.40. The van der Waals surface area contributed by atoms with E-state index in [1.165, 1.54) is 12.1 Å². The first-order valence-corrected chi connectivity index (χ1v) is 7.11. The summed E-state index contributed by atoms with van der Waals surface area (Å²) in [5, 5.41) is 0. The molecule has 2 rings (SSSR count). The van der Waals surface area contributed by atoms with Crippen LogP contribution in [0.5, 0.6) is 0 Å². The zero-order valence-corrected chi connectivity index (χ0v) is 11.6. The largest absolute Gasteiger partial charge is 0.378 e. The molecular formula is C14H18BrFO. The Hall–Kier alpha value is -0.410. The van der Waals surface area contributed by atoms with Crippen molar-refractivity contribution in [3.63, 3.8) is 0 Å². The van der Waals surface area contributed by atoms with Crippen molar-refractivity contribution in [1.29, 1.82) is 0 Å². The molecule has 1 nitrogen and oxygen atoms in total. The van der Waals surface area contributed by atoms with Crippen molar-refractivity contribution in [2.75, 3.05) is 6.61 Å². The molecule has 0 saturated heterocycles. The molecule has 1 aliphatic rings. The Labute approximate surface area is 110 Å². The van der Waals surface area contributed by atoms with Crippen molar-refractivity contribution >= 4 is 15.9 Å². The van der Waals surface area contributed by atoms with E-state index >= 15 is 0 Å². The molecule has 0 spiro atoms. The van der Waals surface area contributed by atoms with Crippen LogP contribution in [-0.2, 0) is 4.74 Å². The maximum Gasteiger partial charge on any atom is 0.123 e. The minimum atomic E-state index is -0.173. The van der Waals surface area contributed by atoms with Gasteiger partial charge in [-0.05, 0) is 49.8 Å². The second-order valence-corrected chi connectivity index (χ2v) is 5.77. The molecule has 17 heavy (non-hydrogen) atoms. The summed E-state index contributed by atoms with van der Waals surface area (Å²) in [6, 6.07) is 6.75. The summed E-state index contributed by atoms with van der Waals surface area (Å²) in [4.78, 5) is 0.329. The topological polar surface area (TPSA) is 9.23 Å². The highest BCUT2D eigenvalue weighted by Gasteiger charge is 2.31. The monoisotopic (exact) mass is 300 g/mol. The normalized spacial score (nSPS) is 25.4. The van der Waals surface area contributed by atoms with E-state index in [0.717, 1.165) is 37.4 Å². The van der Waals surface area contributed by atoms with Crippen molar-refractivity contribution in [2.45, 2.75) is 37.1 Å². The number of rotatable bonds is 5. The van der Waals surface area contributed by atoms with Crippen LogP contribution in [0.3, 0.4) is 0 Å². The minimum Gasteiger partial charge on any atom is -0.378 e. The standard InChI is InChI=1S/C14H18BrFO/c1-2-17-13-7-10(8-13)9-14(15)11-3-5-12(16)6-4-11/h3-6,10,13-14H,2,7-9H2,1H3. The average Bonchev–Trinajstić information content (AvgIpc) is 2.27. The van der Waals surface area contributed by atoms with Gasteiger partial charge in [0, 0.05) is 11.4 Å². The summed E-state index contributed by atoms with van der Waals surface area (Å²) in [5.74, 6) is 0.564. The highest BCUT2D eigenvalue weighted by atomic mass is 79.9. The molecular weight excluding hydrogens is 283 g/mol. The first-order chi connectivity index (χ1) is 8.19. The van der Waals surface area contributed by atoms with Crippen LogP contribution in [-0.4, -0.2) is 12.7 Å². The Morgan fingerprint density at radius 2 is 2.00 bits per heavy atom. The predicted octanol–water partition coefficient (Wildman–Crippen LogP) is 4.47. The summed E-state index contributed by atoms with van der Waals surface area (Å²) in [5.41, 5.74) is 1.16. The van der Waals surface area contributed by atoms with Crippen molar-refractivity contribution in [3.05, 3.63) is 35.6 Å². The Morgan fingerprint density at radius 3 is 2.59 bits per heavy atom. The lowest BCUT2D eigenvalue weighted by Gasteiger charge is -2.36. The molecule has 0 bridgehead atoms. The molecule has 3 heteroatoms. The van der Waals surface area contributed by atoms with E-state index in [4.69, 9.17) is 4.74 Å². The lowest BCUT2D eigenvalue weighted by atomic mass is 9.78. The fourth-order valence-electron chi connectivity index (χ4n) is 2.34. The molecule has 1 aromatic carbocycles. The van der Waals surface area contributed by atoms with Gasteiger partial charge in [-0.15, -0.1) is 0 Å². The zero-order valence-electron chi connectivity index (χ0n) is 10.0. The third-order valence-corrected chi connectivity index (χ3v) is 4.27. The Balaban J connectivity index is 1.78. The van der Waals surface area contributed by atoms with E-state index in [2.05, 4.69) is 15.9 Å². The third kappa shape index (κ3) is 3.52. The number of hydrogen-bond acceptors (Lipinski definition) is 1. The highest BCUT2D eigenvalue weighted by molar-refractivity contribution is 9.09. The molecule has 1 aromatic rings.